The van der Waals surface area contributed by atoms with Crippen LogP contribution in [0.5, 0.6) is 0 Å². The van der Waals surface area contributed by atoms with Crippen LogP contribution in [0.1, 0.15) is 16.2 Å². The highest BCUT2D eigenvalue weighted by atomic mass is 79.9. The number of aromatic nitrogens is 2. The van der Waals surface area contributed by atoms with E-state index in [0.717, 1.165) is 0 Å². The number of hydrogen-bond acceptors (Lipinski definition) is 4. The minimum Gasteiger partial charge on any atom is -0.343 e. The fraction of sp³-hybridized carbons (Fsp3) is 0.0625. The molecule has 0 radical (unpaired) electrons. The van der Waals surface area contributed by atoms with Crippen molar-refractivity contribution in [3.8, 4) is 11.4 Å². The SMILES string of the molecule is O=C(NCc1nc(-c2ccccc2F)no1)c1ccccc1Br. The summed E-state index contributed by atoms with van der Waals surface area (Å²) in [5, 5.41) is 6.41. The number of nitrogens with zero attached hydrogens (tertiary/aromatic N) is 2. The average molecular weight is 376 g/mol. The number of carbonyl (C=O) groups excluding carboxylic acids is 1. The van der Waals surface area contributed by atoms with Gasteiger partial charge in [0.15, 0.2) is 0 Å². The van der Waals surface area contributed by atoms with E-state index in [0.29, 0.717) is 10.0 Å². The van der Waals surface area contributed by atoms with Crippen molar-refractivity contribution < 1.29 is 13.7 Å². The molecule has 2 aromatic carbocycles. The van der Waals surface area contributed by atoms with Crippen LogP contribution in [0, 0.1) is 5.82 Å². The van der Waals surface area contributed by atoms with Crippen molar-refractivity contribution in [2.75, 3.05) is 0 Å². The molecule has 1 heterocycles. The molecule has 1 N–H and O–H groups in total. The molecule has 23 heavy (non-hydrogen) atoms. The van der Waals surface area contributed by atoms with Crippen molar-refractivity contribution in [2.45, 2.75) is 6.54 Å². The standard InChI is InChI=1S/C16H11BrFN3O2/c17-12-7-3-1-5-10(12)16(22)19-9-14-20-15(21-23-14)11-6-2-4-8-13(11)18/h1-8H,9H2,(H,19,22). The van der Waals surface area contributed by atoms with Crippen molar-refractivity contribution in [1.82, 2.24) is 15.5 Å². The van der Waals surface area contributed by atoms with E-state index in [1.54, 1.807) is 36.4 Å². The lowest BCUT2D eigenvalue weighted by Gasteiger charge is -2.04. The fourth-order valence-corrected chi connectivity index (χ4v) is 2.44. The van der Waals surface area contributed by atoms with Crippen LogP contribution in [0.2, 0.25) is 0 Å². The van der Waals surface area contributed by atoms with Crippen LogP contribution in [0.25, 0.3) is 11.4 Å². The number of amides is 1. The predicted octanol–water partition coefficient (Wildman–Crippen LogP) is 3.57. The molecule has 0 saturated heterocycles. The zero-order valence-corrected chi connectivity index (χ0v) is 13.4. The third-order valence-corrected chi connectivity index (χ3v) is 3.79. The monoisotopic (exact) mass is 375 g/mol. The van der Waals surface area contributed by atoms with Crippen molar-refractivity contribution in [3.63, 3.8) is 0 Å². The Labute approximate surface area is 139 Å². The summed E-state index contributed by atoms with van der Waals surface area (Å²) < 4.78 is 19.4. The first kappa shape index (κ1) is 15.4. The van der Waals surface area contributed by atoms with Gasteiger partial charge in [0.05, 0.1) is 17.7 Å². The molecule has 1 amide bonds. The Morgan fingerprint density at radius 1 is 1.17 bits per heavy atom. The van der Waals surface area contributed by atoms with Gasteiger partial charge < -0.3 is 9.84 Å². The van der Waals surface area contributed by atoms with Crippen molar-refractivity contribution in [3.05, 3.63) is 70.3 Å². The Morgan fingerprint density at radius 3 is 2.70 bits per heavy atom. The summed E-state index contributed by atoms with van der Waals surface area (Å²) in [5.41, 5.74) is 0.751. The number of benzene rings is 2. The van der Waals surface area contributed by atoms with Gasteiger partial charge in [-0.1, -0.05) is 29.4 Å². The molecule has 3 aromatic rings. The third kappa shape index (κ3) is 3.45. The lowest BCUT2D eigenvalue weighted by atomic mass is 10.2. The van der Waals surface area contributed by atoms with E-state index < -0.39 is 5.82 Å². The van der Waals surface area contributed by atoms with E-state index in [9.17, 15) is 9.18 Å². The average Bonchev–Trinajstić information content (AvgIpc) is 3.02. The van der Waals surface area contributed by atoms with Gasteiger partial charge >= 0.3 is 0 Å². The Balaban J connectivity index is 1.70. The van der Waals surface area contributed by atoms with Crippen LogP contribution >= 0.6 is 15.9 Å². The van der Waals surface area contributed by atoms with E-state index in [-0.39, 0.29) is 29.7 Å². The first-order chi connectivity index (χ1) is 11.1. The largest absolute Gasteiger partial charge is 0.343 e. The molecule has 116 valence electrons. The van der Waals surface area contributed by atoms with Crippen LogP contribution in [0.15, 0.2) is 57.5 Å². The normalized spacial score (nSPS) is 10.5. The van der Waals surface area contributed by atoms with Crippen LogP contribution in [0.3, 0.4) is 0 Å². The van der Waals surface area contributed by atoms with Gasteiger partial charge in [-0.15, -0.1) is 0 Å². The molecule has 0 unspecified atom stereocenters. The lowest BCUT2D eigenvalue weighted by molar-refractivity contribution is 0.0945. The Kier molecular flexibility index (Phi) is 4.47. The quantitative estimate of drug-likeness (QED) is 0.756. The number of halogens is 2. The highest BCUT2D eigenvalue weighted by Gasteiger charge is 2.14. The summed E-state index contributed by atoms with van der Waals surface area (Å²) in [7, 11) is 0. The smallest absolute Gasteiger partial charge is 0.252 e. The highest BCUT2D eigenvalue weighted by molar-refractivity contribution is 9.10. The van der Waals surface area contributed by atoms with Gasteiger partial charge in [-0.3, -0.25) is 4.79 Å². The summed E-state index contributed by atoms with van der Waals surface area (Å²) in [4.78, 5) is 16.2. The Hall–Kier alpha value is -2.54. The Morgan fingerprint density at radius 2 is 1.91 bits per heavy atom. The minimum absolute atomic E-state index is 0.0572. The van der Waals surface area contributed by atoms with Gasteiger partial charge in [0, 0.05) is 4.47 Å². The summed E-state index contributed by atoms with van der Waals surface area (Å²) in [6, 6.07) is 13.2. The number of rotatable bonds is 4. The number of nitrogens with one attached hydrogen (secondary N) is 1. The van der Waals surface area contributed by atoms with Gasteiger partial charge in [0.1, 0.15) is 5.82 Å². The molecule has 0 bridgehead atoms. The number of hydrogen-bond donors (Lipinski definition) is 1. The second-order valence-corrected chi connectivity index (χ2v) is 5.51. The summed E-state index contributed by atoms with van der Waals surface area (Å²) in [6.45, 7) is 0.0572. The molecule has 1 aromatic heterocycles. The van der Waals surface area contributed by atoms with Crippen LogP contribution in [-0.4, -0.2) is 16.0 Å². The van der Waals surface area contributed by atoms with Crippen LogP contribution < -0.4 is 5.32 Å². The fourth-order valence-electron chi connectivity index (χ4n) is 1.98. The van der Waals surface area contributed by atoms with E-state index >= 15 is 0 Å². The molecule has 0 aliphatic rings. The molecule has 7 heteroatoms. The zero-order chi connectivity index (χ0) is 16.2. The first-order valence-corrected chi connectivity index (χ1v) is 7.54. The molecule has 0 spiro atoms. The van der Waals surface area contributed by atoms with Crippen LogP contribution in [-0.2, 0) is 6.54 Å². The molecule has 0 aliphatic heterocycles. The zero-order valence-electron chi connectivity index (χ0n) is 11.8. The van der Waals surface area contributed by atoms with Gasteiger partial charge in [0.25, 0.3) is 5.91 Å². The first-order valence-electron chi connectivity index (χ1n) is 6.75. The highest BCUT2D eigenvalue weighted by Crippen LogP contribution is 2.19. The van der Waals surface area contributed by atoms with Gasteiger partial charge in [-0.2, -0.15) is 4.98 Å². The van der Waals surface area contributed by atoms with E-state index in [1.165, 1.54) is 6.07 Å². The molecular formula is C16H11BrFN3O2. The topological polar surface area (TPSA) is 68.0 Å². The third-order valence-electron chi connectivity index (χ3n) is 3.10. The van der Waals surface area contributed by atoms with Gasteiger partial charge in [0.2, 0.25) is 11.7 Å². The van der Waals surface area contributed by atoms with Crippen LogP contribution in [0.4, 0.5) is 4.39 Å². The van der Waals surface area contributed by atoms with E-state index in [1.807, 2.05) is 6.07 Å². The molecular weight excluding hydrogens is 365 g/mol. The molecule has 5 nitrogen and oxygen atoms in total. The van der Waals surface area contributed by atoms with E-state index in [4.69, 9.17) is 4.52 Å². The van der Waals surface area contributed by atoms with E-state index in [2.05, 4.69) is 31.4 Å². The molecule has 0 aliphatic carbocycles. The molecule has 0 atom stereocenters. The Bertz CT molecular complexity index is 851. The molecule has 3 rings (SSSR count). The lowest BCUT2D eigenvalue weighted by Crippen LogP contribution is -2.23. The molecule has 0 saturated carbocycles. The number of carbonyl (C=O) groups is 1. The maximum absolute atomic E-state index is 13.7. The van der Waals surface area contributed by atoms with Gasteiger partial charge in [-0.05, 0) is 40.2 Å². The summed E-state index contributed by atoms with van der Waals surface area (Å²) in [6.07, 6.45) is 0. The maximum atomic E-state index is 13.7. The maximum Gasteiger partial charge on any atom is 0.252 e. The van der Waals surface area contributed by atoms with Crippen molar-refractivity contribution in [2.24, 2.45) is 0 Å². The minimum atomic E-state index is -0.433. The second-order valence-electron chi connectivity index (χ2n) is 4.65. The van der Waals surface area contributed by atoms with Crippen molar-refractivity contribution in [1.29, 1.82) is 0 Å². The molecule has 0 fully saturated rings. The van der Waals surface area contributed by atoms with Gasteiger partial charge in [-0.25, -0.2) is 4.39 Å². The summed E-state index contributed by atoms with van der Waals surface area (Å²) >= 11 is 3.31. The predicted molar refractivity (Wildman–Crippen MR) is 85.0 cm³/mol. The summed E-state index contributed by atoms with van der Waals surface area (Å²) in [5.74, 6) is -0.364. The second kappa shape index (κ2) is 6.70. The van der Waals surface area contributed by atoms with Crippen molar-refractivity contribution >= 4 is 21.8 Å².